The molecule has 17 heavy (non-hydrogen) atoms. The molecule has 0 atom stereocenters. The topological polar surface area (TPSA) is 28.2 Å². The summed E-state index contributed by atoms with van der Waals surface area (Å²) < 4.78 is 1.23. The molecule has 2 aromatic rings. The standard InChI is InChI=1S/C12H15N3S2/c1-3-13-12(16)15(2)8-11-14-9-6-4-5-7-10(9)17-11/h4-7H,3,8H2,1-2H3,(H,13,16). The highest BCUT2D eigenvalue weighted by molar-refractivity contribution is 7.80. The van der Waals surface area contributed by atoms with Crippen LogP contribution in [-0.2, 0) is 6.54 Å². The summed E-state index contributed by atoms with van der Waals surface area (Å²) in [5.41, 5.74) is 1.07. The van der Waals surface area contributed by atoms with Gasteiger partial charge in [0.15, 0.2) is 5.11 Å². The third-order valence-corrected chi connectivity index (χ3v) is 3.86. The van der Waals surface area contributed by atoms with Gasteiger partial charge >= 0.3 is 0 Å². The number of hydrogen-bond donors (Lipinski definition) is 1. The van der Waals surface area contributed by atoms with E-state index in [-0.39, 0.29) is 0 Å². The molecule has 5 heteroatoms. The number of aromatic nitrogens is 1. The Balaban J connectivity index is 2.10. The van der Waals surface area contributed by atoms with Gasteiger partial charge in [-0.25, -0.2) is 4.98 Å². The van der Waals surface area contributed by atoms with Crippen molar-refractivity contribution in [2.45, 2.75) is 13.5 Å². The van der Waals surface area contributed by atoms with E-state index >= 15 is 0 Å². The zero-order chi connectivity index (χ0) is 12.3. The van der Waals surface area contributed by atoms with E-state index in [9.17, 15) is 0 Å². The summed E-state index contributed by atoms with van der Waals surface area (Å²) in [6.45, 7) is 3.64. The van der Waals surface area contributed by atoms with Gasteiger partial charge in [0, 0.05) is 13.6 Å². The van der Waals surface area contributed by atoms with Crippen LogP contribution >= 0.6 is 23.6 Å². The van der Waals surface area contributed by atoms with Gasteiger partial charge < -0.3 is 10.2 Å². The second-order valence-electron chi connectivity index (χ2n) is 3.77. The molecule has 0 radical (unpaired) electrons. The molecule has 0 aliphatic heterocycles. The van der Waals surface area contributed by atoms with Crippen LogP contribution in [0.2, 0.25) is 0 Å². The van der Waals surface area contributed by atoms with Crippen molar-refractivity contribution in [1.29, 1.82) is 0 Å². The van der Waals surface area contributed by atoms with Crippen LogP contribution in [0.5, 0.6) is 0 Å². The number of benzene rings is 1. The van der Waals surface area contributed by atoms with Crippen molar-refractivity contribution in [2.75, 3.05) is 13.6 Å². The zero-order valence-corrected chi connectivity index (χ0v) is 11.6. The number of para-hydroxylation sites is 1. The van der Waals surface area contributed by atoms with Gasteiger partial charge in [0.05, 0.1) is 16.8 Å². The molecule has 0 bridgehead atoms. The Labute approximate surface area is 110 Å². The summed E-state index contributed by atoms with van der Waals surface area (Å²) in [4.78, 5) is 6.60. The Morgan fingerprint density at radius 2 is 2.24 bits per heavy atom. The van der Waals surface area contributed by atoms with Crippen molar-refractivity contribution in [2.24, 2.45) is 0 Å². The first kappa shape index (κ1) is 12.3. The van der Waals surface area contributed by atoms with Gasteiger partial charge in [0.2, 0.25) is 0 Å². The molecule has 90 valence electrons. The summed E-state index contributed by atoms with van der Waals surface area (Å²) in [5.74, 6) is 0. The Morgan fingerprint density at radius 1 is 1.47 bits per heavy atom. The molecule has 0 aliphatic rings. The third-order valence-electron chi connectivity index (χ3n) is 2.39. The fraction of sp³-hybridized carbons (Fsp3) is 0.333. The Bertz CT molecular complexity index is 488. The van der Waals surface area contributed by atoms with E-state index in [0.717, 1.165) is 28.7 Å². The van der Waals surface area contributed by atoms with Crippen LogP contribution in [0, 0.1) is 0 Å². The number of thiazole rings is 1. The first-order valence-corrected chi connectivity index (χ1v) is 6.76. The first-order chi connectivity index (χ1) is 8.20. The Morgan fingerprint density at radius 3 is 2.94 bits per heavy atom. The van der Waals surface area contributed by atoms with E-state index < -0.39 is 0 Å². The lowest BCUT2D eigenvalue weighted by atomic mass is 10.3. The molecule has 0 amide bonds. The smallest absolute Gasteiger partial charge is 0.169 e. The molecule has 2 rings (SSSR count). The maximum absolute atomic E-state index is 5.25. The van der Waals surface area contributed by atoms with E-state index in [0.29, 0.717) is 0 Å². The molecule has 0 fully saturated rings. The SMILES string of the molecule is CCNC(=S)N(C)Cc1nc2ccccc2s1. The van der Waals surface area contributed by atoms with E-state index in [2.05, 4.69) is 16.4 Å². The third kappa shape index (κ3) is 2.92. The number of thiocarbonyl (C=S) groups is 1. The lowest BCUT2D eigenvalue weighted by Crippen LogP contribution is -2.36. The largest absolute Gasteiger partial charge is 0.363 e. The molecule has 1 aromatic heterocycles. The second-order valence-corrected chi connectivity index (χ2v) is 5.27. The van der Waals surface area contributed by atoms with Gasteiger partial charge in [0.1, 0.15) is 5.01 Å². The van der Waals surface area contributed by atoms with Crippen molar-refractivity contribution < 1.29 is 0 Å². The van der Waals surface area contributed by atoms with E-state index in [1.807, 2.05) is 37.1 Å². The highest BCUT2D eigenvalue weighted by atomic mass is 32.1. The maximum atomic E-state index is 5.25. The summed E-state index contributed by atoms with van der Waals surface area (Å²) in [6.07, 6.45) is 0. The quantitative estimate of drug-likeness (QED) is 0.864. The van der Waals surface area contributed by atoms with Crippen LogP contribution in [0.25, 0.3) is 10.2 Å². The van der Waals surface area contributed by atoms with Gasteiger partial charge in [-0.3, -0.25) is 0 Å². The molecule has 0 aliphatic carbocycles. The summed E-state index contributed by atoms with van der Waals surface area (Å²) in [7, 11) is 1.98. The van der Waals surface area contributed by atoms with Gasteiger partial charge in [-0.1, -0.05) is 12.1 Å². The Kier molecular flexibility index (Phi) is 3.91. The van der Waals surface area contributed by atoms with E-state index in [1.54, 1.807) is 11.3 Å². The number of hydrogen-bond acceptors (Lipinski definition) is 3. The monoisotopic (exact) mass is 265 g/mol. The van der Waals surface area contributed by atoms with Gasteiger partial charge in [-0.15, -0.1) is 11.3 Å². The summed E-state index contributed by atoms with van der Waals surface area (Å²) >= 11 is 6.97. The molecule has 0 unspecified atom stereocenters. The van der Waals surface area contributed by atoms with Crippen LogP contribution in [0.1, 0.15) is 11.9 Å². The lowest BCUT2D eigenvalue weighted by molar-refractivity contribution is 0.490. The van der Waals surface area contributed by atoms with Gasteiger partial charge in [-0.05, 0) is 31.3 Å². The molecule has 0 saturated heterocycles. The molecule has 0 saturated carbocycles. The minimum atomic E-state index is 0.755. The molecular weight excluding hydrogens is 250 g/mol. The van der Waals surface area contributed by atoms with Gasteiger partial charge in [-0.2, -0.15) is 0 Å². The minimum absolute atomic E-state index is 0.755. The van der Waals surface area contributed by atoms with Crippen molar-refractivity contribution in [3.8, 4) is 0 Å². The molecule has 0 spiro atoms. The predicted molar refractivity (Wildman–Crippen MR) is 77.4 cm³/mol. The van der Waals surface area contributed by atoms with E-state index in [1.165, 1.54) is 4.70 Å². The highest BCUT2D eigenvalue weighted by Crippen LogP contribution is 2.22. The summed E-state index contributed by atoms with van der Waals surface area (Å²) in [5, 5.41) is 5.00. The Hall–Kier alpha value is -1.20. The van der Waals surface area contributed by atoms with Crippen molar-refractivity contribution in [1.82, 2.24) is 15.2 Å². The maximum Gasteiger partial charge on any atom is 0.169 e. The van der Waals surface area contributed by atoms with Crippen LogP contribution in [0.4, 0.5) is 0 Å². The van der Waals surface area contributed by atoms with Crippen molar-refractivity contribution >= 4 is 38.9 Å². The fourth-order valence-electron chi connectivity index (χ4n) is 1.55. The van der Waals surface area contributed by atoms with E-state index in [4.69, 9.17) is 12.2 Å². The average Bonchev–Trinajstić information content (AvgIpc) is 2.71. The first-order valence-electron chi connectivity index (χ1n) is 5.54. The molecule has 1 N–H and O–H groups in total. The minimum Gasteiger partial charge on any atom is -0.363 e. The van der Waals surface area contributed by atoms with Crippen LogP contribution in [0.15, 0.2) is 24.3 Å². The highest BCUT2D eigenvalue weighted by Gasteiger charge is 2.08. The summed E-state index contributed by atoms with van der Waals surface area (Å²) in [6, 6.07) is 8.19. The fourth-order valence-corrected chi connectivity index (χ4v) is 2.78. The predicted octanol–water partition coefficient (Wildman–Crippen LogP) is 2.62. The number of rotatable bonds is 3. The normalized spacial score (nSPS) is 10.5. The van der Waals surface area contributed by atoms with Gasteiger partial charge in [0.25, 0.3) is 0 Å². The molecule has 1 aromatic carbocycles. The van der Waals surface area contributed by atoms with Crippen LogP contribution in [0.3, 0.4) is 0 Å². The number of fused-ring (bicyclic) bond motifs is 1. The second kappa shape index (κ2) is 5.42. The average molecular weight is 265 g/mol. The van der Waals surface area contributed by atoms with Crippen molar-refractivity contribution in [3.05, 3.63) is 29.3 Å². The molecular formula is C12H15N3S2. The van der Waals surface area contributed by atoms with Crippen molar-refractivity contribution in [3.63, 3.8) is 0 Å². The molecule has 1 heterocycles. The molecule has 3 nitrogen and oxygen atoms in total. The lowest BCUT2D eigenvalue weighted by Gasteiger charge is -2.18. The number of nitrogens with one attached hydrogen (secondary N) is 1. The number of nitrogens with zero attached hydrogens (tertiary/aromatic N) is 2. The zero-order valence-electron chi connectivity index (χ0n) is 9.93. The van der Waals surface area contributed by atoms with Crippen LogP contribution in [-0.4, -0.2) is 28.6 Å². The van der Waals surface area contributed by atoms with Crippen LogP contribution < -0.4 is 5.32 Å².